The summed E-state index contributed by atoms with van der Waals surface area (Å²) in [6, 6.07) is 16.2. The Labute approximate surface area is 192 Å². The van der Waals surface area contributed by atoms with Crippen LogP contribution in [0.15, 0.2) is 71.8 Å². The molecule has 0 atom stereocenters. The maximum absolute atomic E-state index is 12.7. The van der Waals surface area contributed by atoms with Crippen LogP contribution in [0.2, 0.25) is 5.02 Å². The predicted molar refractivity (Wildman–Crippen MR) is 126 cm³/mol. The molecule has 0 aliphatic carbocycles. The molecule has 7 nitrogen and oxygen atoms in total. The summed E-state index contributed by atoms with van der Waals surface area (Å²) in [5.74, 6) is 0.554. The van der Waals surface area contributed by atoms with Crippen LogP contribution in [0, 0.1) is 0 Å². The Balaban J connectivity index is 1.44. The van der Waals surface area contributed by atoms with E-state index >= 15 is 0 Å². The van der Waals surface area contributed by atoms with Gasteiger partial charge in [0, 0.05) is 36.4 Å². The summed E-state index contributed by atoms with van der Waals surface area (Å²) in [5.41, 5.74) is 1.54. The molecule has 9 heteroatoms. The lowest BCUT2D eigenvalue weighted by Crippen LogP contribution is -2.24. The molecule has 1 aliphatic heterocycles. The van der Waals surface area contributed by atoms with E-state index in [0.717, 1.165) is 37.3 Å². The smallest absolute Gasteiger partial charge is 0.261 e. The summed E-state index contributed by atoms with van der Waals surface area (Å²) in [7, 11) is -3.87. The summed E-state index contributed by atoms with van der Waals surface area (Å²) in [6.45, 7) is 2.31. The van der Waals surface area contributed by atoms with Gasteiger partial charge in [0.15, 0.2) is 0 Å². The fourth-order valence-electron chi connectivity index (χ4n) is 3.54. The van der Waals surface area contributed by atoms with Gasteiger partial charge in [-0.3, -0.25) is 9.52 Å². The van der Waals surface area contributed by atoms with Crippen LogP contribution in [0.4, 0.5) is 11.5 Å². The van der Waals surface area contributed by atoms with Gasteiger partial charge in [-0.2, -0.15) is 0 Å². The van der Waals surface area contributed by atoms with Gasteiger partial charge in [0.2, 0.25) is 0 Å². The molecule has 0 spiro atoms. The third-order valence-electron chi connectivity index (χ3n) is 5.18. The van der Waals surface area contributed by atoms with Crippen molar-refractivity contribution in [2.75, 3.05) is 22.7 Å². The van der Waals surface area contributed by atoms with E-state index in [9.17, 15) is 13.2 Å². The molecule has 4 rings (SSSR count). The average molecular weight is 471 g/mol. The van der Waals surface area contributed by atoms with Crippen molar-refractivity contribution in [3.05, 3.63) is 83.0 Å². The number of rotatable bonds is 7. The van der Waals surface area contributed by atoms with E-state index in [1.54, 1.807) is 36.5 Å². The molecule has 1 saturated heterocycles. The molecule has 3 aromatic rings. The van der Waals surface area contributed by atoms with Crippen LogP contribution < -0.4 is 14.9 Å². The quantitative estimate of drug-likeness (QED) is 0.543. The van der Waals surface area contributed by atoms with Gasteiger partial charge in [-0.1, -0.05) is 23.7 Å². The zero-order valence-electron chi connectivity index (χ0n) is 17.3. The zero-order chi connectivity index (χ0) is 22.6. The molecule has 1 amide bonds. The molecule has 1 fully saturated rings. The second-order valence-corrected chi connectivity index (χ2v) is 9.66. The Hall–Kier alpha value is -3.10. The Morgan fingerprint density at radius 2 is 1.81 bits per heavy atom. The standard InChI is InChI=1S/C23H23ClN4O3S/c24-19-6-4-7-20(15-19)27-32(30,31)21-8-3-5-18(14-21)23(29)26-16-17-9-10-25-22(13-17)28-11-1-2-12-28/h3-10,13-15,27H,1-2,11-12,16H2,(H,26,29). The van der Waals surface area contributed by atoms with Crippen LogP contribution in [0.5, 0.6) is 0 Å². The van der Waals surface area contributed by atoms with E-state index in [4.69, 9.17) is 11.6 Å². The third kappa shape index (κ3) is 5.38. The zero-order valence-corrected chi connectivity index (χ0v) is 18.9. The molecule has 166 valence electrons. The third-order valence-corrected chi connectivity index (χ3v) is 6.79. The molecule has 2 heterocycles. The Bertz CT molecular complexity index is 1230. The van der Waals surface area contributed by atoms with Crippen LogP contribution in [0.25, 0.3) is 0 Å². The van der Waals surface area contributed by atoms with Crippen LogP contribution in [-0.2, 0) is 16.6 Å². The molecule has 0 saturated carbocycles. The van der Waals surface area contributed by atoms with E-state index in [2.05, 4.69) is 19.9 Å². The number of halogens is 1. The lowest BCUT2D eigenvalue weighted by Gasteiger charge is -2.17. The van der Waals surface area contributed by atoms with Crippen molar-refractivity contribution < 1.29 is 13.2 Å². The highest BCUT2D eigenvalue weighted by molar-refractivity contribution is 7.92. The van der Waals surface area contributed by atoms with Crippen molar-refractivity contribution >= 4 is 39.0 Å². The fraction of sp³-hybridized carbons (Fsp3) is 0.217. The number of benzene rings is 2. The molecule has 2 N–H and O–H groups in total. The molecular formula is C23H23ClN4O3S. The Morgan fingerprint density at radius 3 is 2.59 bits per heavy atom. The Morgan fingerprint density at radius 1 is 1.03 bits per heavy atom. The summed E-state index contributed by atoms with van der Waals surface area (Å²) in [4.78, 5) is 19.3. The molecule has 1 aromatic heterocycles. The van der Waals surface area contributed by atoms with Gasteiger partial charge in [-0.25, -0.2) is 13.4 Å². The first-order valence-corrected chi connectivity index (χ1v) is 12.1. The summed E-state index contributed by atoms with van der Waals surface area (Å²) in [6.07, 6.45) is 4.06. The van der Waals surface area contributed by atoms with Crippen molar-refractivity contribution in [2.45, 2.75) is 24.3 Å². The minimum Gasteiger partial charge on any atom is -0.357 e. The van der Waals surface area contributed by atoms with E-state index < -0.39 is 10.0 Å². The normalized spacial score (nSPS) is 13.7. The number of carbonyl (C=O) groups is 1. The summed E-state index contributed by atoms with van der Waals surface area (Å²) < 4.78 is 27.9. The second kappa shape index (κ2) is 9.58. The average Bonchev–Trinajstić information content (AvgIpc) is 3.33. The molecule has 0 radical (unpaired) electrons. The number of anilines is 2. The van der Waals surface area contributed by atoms with Gasteiger partial charge in [0.25, 0.3) is 15.9 Å². The molecule has 32 heavy (non-hydrogen) atoms. The minimum absolute atomic E-state index is 0.00893. The van der Waals surface area contributed by atoms with Crippen molar-refractivity contribution in [2.24, 2.45) is 0 Å². The van der Waals surface area contributed by atoms with E-state index in [-0.39, 0.29) is 16.4 Å². The van der Waals surface area contributed by atoms with Gasteiger partial charge < -0.3 is 10.2 Å². The molecule has 0 unspecified atom stereocenters. The number of sulfonamides is 1. The van der Waals surface area contributed by atoms with Crippen molar-refractivity contribution in [3.8, 4) is 0 Å². The number of hydrogen-bond acceptors (Lipinski definition) is 5. The van der Waals surface area contributed by atoms with Crippen LogP contribution >= 0.6 is 11.6 Å². The van der Waals surface area contributed by atoms with Gasteiger partial charge >= 0.3 is 0 Å². The first-order chi connectivity index (χ1) is 15.4. The van der Waals surface area contributed by atoms with E-state index in [1.165, 1.54) is 18.2 Å². The van der Waals surface area contributed by atoms with Crippen LogP contribution in [-0.4, -0.2) is 32.4 Å². The highest BCUT2D eigenvalue weighted by atomic mass is 35.5. The number of carbonyl (C=O) groups excluding carboxylic acids is 1. The number of pyridine rings is 1. The SMILES string of the molecule is O=C(NCc1ccnc(N2CCCC2)c1)c1cccc(S(=O)(=O)Nc2cccc(Cl)c2)c1. The lowest BCUT2D eigenvalue weighted by molar-refractivity contribution is 0.0950. The number of amides is 1. The van der Waals surface area contributed by atoms with Crippen LogP contribution in [0.3, 0.4) is 0 Å². The minimum atomic E-state index is -3.87. The summed E-state index contributed by atoms with van der Waals surface area (Å²) >= 11 is 5.92. The van der Waals surface area contributed by atoms with Crippen molar-refractivity contribution in [3.63, 3.8) is 0 Å². The summed E-state index contributed by atoms with van der Waals surface area (Å²) in [5, 5.41) is 3.27. The van der Waals surface area contributed by atoms with E-state index in [1.807, 2.05) is 12.1 Å². The van der Waals surface area contributed by atoms with Crippen molar-refractivity contribution in [1.29, 1.82) is 0 Å². The number of hydrogen-bond donors (Lipinski definition) is 2. The molecular weight excluding hydrogens is 448 g/mol. The first kappa shape index (κ1) is 22.1. The number of nitrogens with one attached hydrogen (secondary N) is 2. The fourth-order valence-corrected chi connectivity index (χ4v) is 4.83. The van der Waals surface area contributed by atoms with Gasteiger partial charge in [-0.15, -0.1) is 0 Å². The van der Waals surface area contributed by atoms with Crippen molar-refractivity contribution in [1.82, 2.24) is 10.3 Å². The van der Waals surface area contributed by atoms with Crippen LogP contribution in [0.1, 0.15) is 28.8 Å². The van der Waals surface area contributed by atoms with Gasteiger partial charge in [0.05, 0.1) is 10.6 Å². The highest BCUT2D eigenvalue weighted by Gasteiger charge is 2.17. The Kier molecular flexibility index (Phi) is 6.62. The maximum Gasteiger partial charge on any atom is 0.261 e. The maximum atomic E-state index is 12.7. The second-order valence-electron chi connectivity index (χ2n) is 7.54. The van der Waals surface area contributed by atoms with Gasteiger partial charge in [-0.05, 0) is 66.9 Å². The monoisotopic (exact) mass is 470 g/mol. The van der Waals surface area contributed by atoms with Gasteiger partial charge in [0.1, 0.15) is 5.82 Å². The van der Waals surface area contributed by atoms with E-state index in [0.29, 0.717) is 17.3 Å². The predicted octanol–water partition coefficient (Wildman–Crippen LogP) is 4.07. The highest BCUT2D eigenvalue weighted by Crippen LogP contribution is 2.21. The molecule has 0 bridgehead atoms. The first-order valence-electron chi connectivity index (χ1n) is 10.3. The largest absolute Gasteiger partial charge is 0.357 e. The topological polar surface area (TPSA) is 91.4 Å². The number of nitrogens with zero attached hydrogens (tertiary/aromatic N) is 2. The number of aromatic nitrogens is 1. The molecule has 2 aromatic carbocycles. The lowest BCUT2D eigenvalue weighted by atomic mass is 10.2. The molecule has 1 aliphatic rings.